The summed E-state index contributed by atoms with van der Waals surface area (Å²) in [5.41, 5.74) is 2.58. The first kappa shape index (κ1) is 9.83. The van der Waals surface area contributed by atoms with Gasteiger partial charge in [-0.25, -0.2) is 4.68 Å². The highest BCUT2D eigenvalue weighted by Gasteiger charge is 2.00. The van der Waals surface area contributed by atoms with Crippen LogP contribution >= 0.6 is 0 Å². The fourth-order valence-electron chi connectivity index (χ4n) is 1.45. The summed E-state index contributed by atoms with van der Waals surface area (Å²) in [6, 6.07) is 8.55. The minimum Gasteiger partial charge on any atom is -0.225 e. The number of hydrogen-bond donors (Lipinski definition) is 0. The van der Waals surface area contributed by atoms with Crippen molar-refractivity contribution in [2.75, 3.05) is 0 Å². The molecule has 15 heavy (non-hydrogen) atoms. The SMILES string of the molecule is CCc1ccc(Cn2nnnc2C)cc1. The molecule has 2 rings (SSSR count). The van der Waals surface area contributed by atoms with Crippen LogP contribution < -0.4 is 0 Å². The molecule has 2 aromatic rings. The van der Waals surface area contributed by atoms with Crippen LogP contribution in [-0.4, -0.2) is 20.2 Å². The lowest BCUT2D eigenvalue weighted by molar-refractivity contribution is 0.633. The number of tetrazole rings is 1. The molecule has 78 valence electrons. The van der Waals surface area contributed by atoms with Gasteiger partial charge in [-0.3, -0.25) is 0 Å². The van der Waals surface area contributed by atoms with Crippen molar-refractivity contribution >= 4 is 0 Å². The van der Waals surface area contributed by atoms with E-state index in [9.17, 15) is 0 Å². The maximum Gasteiger partial charge on any atom is 0.148 e. The molecular weight excluding hydrogens is 188 g/mol. The molecule has 4 nitrogen and oxygen atoms in total. The fraction of sp³-hybridized carbons (Fsp3) is 0.364. The van der Waals surface area contributed by atoms with Crippen molar-refractivity contribution in [2.45, 2.75) is 26.8 Å². The smallest absolute Gasteiger partial charge is 0.148 e. The monoisotopic (exact) mass is 202 g/mol. The van der Waals surface area contributed by atoms with Gasteiger partial charge in [-0.2, -0.15) is 0 Å². The van der Waals surface area contributed by atoms with Crippen molar-refractivity contribution < 1.29 is 0 Å². The number of nitrogens with zero attached hydrogens (tertiary/aromatic N) is 4. The normalized spacial score (nSPS) is 10.5. The van der Waals surface area contributed by atoms with E-state index in [-0.39, 0.29) is 0 Å². The van der Waals surface area contributed by atoms with E-state index in [1.165, 1.54) is 11.1 Å². The Morgan fingerprint density at radius 3 is 2.33 bits per heavy atom. The van der Waals surface area contributed by atoms with E-state index in [4.69, 9.17) is 0 Å². The summed E-state index contributed by atoms with van der Waals surface area (Å²) in [7, 11) is 0. The number of hydrogen-bond acceptors (Lipinski definition) is 3. The van der Waals surface area contributed by atoms with Gasteiger partial charge in [0.05, 0.1) is 6.54 Å². The third-order valence-electron chi connectivity index (χ3n) is 2.47. The zero-order valence-corrected chi connectivity index (χ0v) is 9.01. The molecule has 1 aromatic carbocycles. The van der Waals surface area contributed by atoms with Gasteiger partial charge in [0.2, 0.25) is 0 Å². The summed E-state index contributed by atoms with van der Waals surface area (Å²) in [6.45, 7) is 4.80. The zero-order valence-electron chi connectivity index (χ0n) is 9.01. The van der Waals surface area contributed by atoms with Gasteiger partial charge < -0.3 is 0 Å². The van der Waals surface area contributed by atoms with Crippen LogP contribution in [0.4, 0.5) is 0 Å². The molecule has 0 unspecified atom stereocenters. The topological polar surface area (TPSA) is 43.6 Å². The first-order chi connectivity index (χ1) is 7.29. The van der Waals surface area contributed by atoms with Crippen molar-refractivity contribution in [3.63, 3.8) is 0 Å². The Labute approximate surface area is 88.9 Å². The molecule has 0 N–H and O–H groups in total. The molecule has 0 aliphatic heterocycles. The molecule has 4 heteroatoms. The number of aromatic nitrogens is 4. The minimum absolute atomic E-state index is 0.739. The average molecular weight is 202 g/mol. The van der Waals surface area contributed by atoms with Gasteiger partial charge in [-0.1, -0.05) is 31.2 Å². The molecule has 1 heterocycles. The predicted octanol–water partition coefficient (Wildman–Crippen LogP) is 1.59. The van der Waals surface area contributed by atoms with E-state index in [1.807, 2.05) is 6.92 Å². The Hall–Kier alpha value is -1.71. The van der Waals surface area contributed by atoms with E-state index >= 15 is 0 Å². The van der Waals surface area contributed by atoms with E-state index in [2.05, 4.69) is 46.7 Å². The van der Waals surface area contributed by atoms with Crippen LogP contribution in [0.1, 0.15) is 23.9 Å². The van der Waals surface area contributed by atoms with Crippen molar-refractivity contribution in [1.82, 2.24) is 20.2 Å². The van der Waals surface area contributed by atoms with Crippen molar-refractivity contribution in [3.8, 4) is 0 Å². The zero-order chi connectivity index (χ0) is 10.7. The molecule has 0 saturated heterocycles. The molecule has 0 bridgehead atoms. The first-order valence-corrected chi connectivity index (χ1v) is 5.10. The van der Waals surface area contributed by atoms with Gasteiger partial charge >= 0.3 is 0 Å². The van der Waals surface area contributed by atoms with Crippen LogP contribution in [0.3, 0.4) is 0 Å². The molecular formula is C11H14N4. The van der Waals surface area contributed by atoms with Crippen molar-refractivity contribution in [1.29, 1.82) is 0 Å². The van der Waals surface area contributed by atoms with Gasteiger partial charge in [0.15, 0.2) is 0 Å². The number of rotatable bonds is 3. The van der Waals surface area contributed by atoms with Crippen LogP contribution in [0.5, 0.6) is 0 Å². The highest BCUT2D eigenvalue weighted by molar-refractivity contribution is 5.22. The van der Waals surface area contributed by atoms with Crippen molar-refractivity contribution in [2.24, 2.45) is 0 Å². The Kier molecular flexibility index (Phi) is 2.76. The second kappa shape index (κ2) is 4.21. The van der Waals surface area contributed by atoms with Crippen LogP contribution in [0.25, 0.3) is 0 Å². The Balaban J connectivity index is 2.14. The molecule has 0 spiro atoms. The van der Waals surface area contributed by atoms with Gasteiger partial charge in [0, 0.05) is 0 Å². The average Bonchev–Trinajstić information content (AvgIpc) is 2.66. The first-order valence-electron chi connectivity index (χ1n) is 5.10. The third-order valence-corrected chi connectivity index (χ3v) is 2.47. The molecule has 0 atom stereocenters. The Morgan fingerprint density at radius 1 is 1.13 bits per heavy atom. The van der Waals surface area contributed by atoms with Crippen LogP contribution in [0.15, 0.2) is 24.3 Å². The molecule has 0 amide bonds. The Bertz CT molecular complexity index is 430. The van der Waals surface area contributed by atoms with Crippen LogP contribution in [0, 0.1) is 6.92 Å². The molecule has 0 aliphatic rings. The summed E-state index contributed by atoms with van der Waals surface area (Å²) in [5, 5.41) is 11.4. The summed E-state index contributed by atoms with van der Waals surface area (Å²) in [5.74, 6) is 0.842. The standard InChI is InChI=1S/C11H14N4/c1-3-10-4-6-11(7-5-10)8-15-9(2)12-13-14-15/h4-7H,3,8H2,1-2H3. The van der Waals surface area contributed by atoms with E-state index in [0.29, 0.717) is 0 Å². The highest BCUT2D eigenvalue weighted by Crippen LogP contribution is 2.06. The van der Waals surface area contributed by atoms with Crippen LogP contribution in [0.2, 0.25) is 0 Å². The van der Waals surface area contributed by atoms with Crippen LogP contribution in [-0.2, 0) is 13.0 Å². The molecule has 0 radical (unpaired) electrons. The maximum atomic E-state index is 3.91. The van der Waals surface area contributed by atoms with Gasteiger partial charge in [0.25, 0.3) is 0 Å². The summed E-state index contributed by atoms with van der Waals surface area (Å²) < 4.78 is 1.79. The van der Waals surface area contributed by atoms with Gasteiger partial charge in [-0.05, 0) is 34.9 Å². The second-order valence-electron chi connectivity index (χ2n) is 3.55. The predicted molar refractivity (Wildman–Crippen MR) is 57.5 cm³/mol. The van der Waals surface area contributed by atoms with E-state index in [1.54, 1.807) is 4.68 Å². The van der Waals surface area contributed by atoms with E-state index in [0.717, 1.165) is 18.8 Å². The lowest BCUT2D eigenvalue weighted by Crippen LogP contribution is -2.04. The quantitative estimate of drug-likeness (QED) is 0.759. The summed E-state index contributed by atoms with van der Waals surface area (Å²) >= 11 is 0. The molecule has 0 saturated carbocycles. The lowest BCUT2D eigenvalue weighted by atomic mass is 10.1. The fourth-order valence-corrected chi connectivity index (χ4v) is 1.45. The second-order valence-corrected chi connectivity index (χ2v) is 3.55. The minimum atomic E-state index is 0.739. The molecule has 0 aliphatic carbocycles. The maximum absolute atomic E-state index is 3.91. The summed E-state index contributed by atoms with van der Waals surface area (Å²) in [4.78, 5) is 0. The third kappa shape index (κ3) is 2.21. The highest BCUT2D eigenvalue weighted by atomic mass is 15.5. The van der Waals surface area contributed by atoms with Crippen molar-refractivity contribution in [3.05, 3.63) is 41.2 Å². The van der Waals surface area contributed by atoms with Gasteiger partial charge in [-0.15, -0.1) is 5.10 Å². The number of benzene rings is 1. The Morgan fingerprint density at radius 2 is 1.80 bits per heavy atom. The molecule has 1 aromatic heterocycles. The summed E-state index contributed by atoms with van der Waals surface area (Å²) in [6.07, 6.45) is 1.07. The lowest BCUT2D eigenvalue weighted by Gasteiger charge is -2.03. The number of aryl methyl sites for hydroxylation is 2. The largest absolute Gasteiger partial charge is 0.225 e. The van der Waals surface area contributed by atoms with Gasteiger partial charge in [0.1, 0.15) is 5.82 Å². The van der Waals surface area contributed by atoms with E-state index < -0.39 is 0 Å². The molecule has 0 fully saturated rings.